The van der Waals surface area contributed by atoms with Crippen LogP contribution in [0.15, 0.2) is 84.9 Å². The lowest BCUT2D eigenvalue weighted by Crippen LogP contribution is -2.52. The minimum Gasteiger partial charge on any atom is -0.493 e. The van der Waals surface area contributed by atoms with Gasteiger partial charge in [-0.1, -0.05) is 72.3 Å². The average molecular weight is 551 g/mol. The molecule has 204 valence electrons. The van der Waals surface area contributed by atoms with Gasteiger partial charge < -0.3 is 24.8 Å². The normalized spacial score (nSPS) is 17.3. The van der Waals surface area contributed by atoms with Crippen molar-refractivity contribution in [2.75, 3.05) is 13.2 Å². The summed E-state index contributed by atoms with van der Waals surface area (Å²) in [5.74, 6) is -1.13. The Balaban J connectivity index is 1.43. The van der Waals surface area contributed by atoms with Gasteiger partial charge in [-0.25, -0.2) is 9.59 Å². The second kappa shape index (κ2) is 13.7. The number of aryl methyl sites for hydroxylation is 1. The first-order valence-corrected chi connectivity index (χ1v) is 13.2. The van der Waals surface area contributed by atoms with Crippen LogP contribution in [-0.4, -0.2) is 53.2 Å². The first-order valence-electron chi connectivity index (χ1n) is 12.8. The van der Waals surface area contributed by atoms with Gasteiger partial charge in [0.15, 0.2) is 0 Å². The lowest BCUT2D eigenvalue weighted by molar-refractivity contribution is -0.149. The Hall–Kier alpha value is -4.04. The molecule has 3 atom stereocenters. The molecule has 0 aliphatic carbocycles. The Labute approximate surface area is 232 Å². The number of hydrogen-bond donors (Lipinski definition) is 2. The molecule has 0 radical (unpaired) electrons. The Kier molecular flexibility index (Phi) is 9.80. The summed E-state index contributed by atoms with van der Waals surface area (Å²) in [5.41, 5.74) is 1.81. The summed E-state index contributed by atoms with van der Waals surface area (Å²) >= 11 is 5.92. The van der Waals surface area contributed by atoms with E-state index in [4.69, 9.17) is 21.1 Å². The number of aliphatic carboxylic acids is 1. The van der Waals surface area contributed by atoms with Crippen molar-refractivity contribution in [1.29, 1.82) is 0 Å². The molecule has 0 spiro atoms. The summed E-state index contributed by atoms with van der Waals surface area (Å²) in [6, 6.07) is 23.7. The van der Waals surface area contributed by atoms with E-state index < -0.39 is 30.1 Å². The zero-order valence-corrected chi connectivity index (χ0v) is 22.1. The molecule has 0 unspecified atom stereocenters. The summed E-state index contributed by atoms with van der Waals surface area (Å²) in [6.07, 6.45) is 0.320. The van der Waals surface area contributed by atoms with Crippen molar-refractivity contribution >= 4 is 29.6 Å². The minimum absolute atomic E-state index is 0.0534. The highest BCUT2D eigenvalue weighted by atomic mass is 35.5. The number of nitrogens with one attached hydrogen (secondary N) is 1. The number of benzene rings is 3. The number of alkyl carbamates (subject to hydrolysis) is 1. The Bertz CT molecular complexity index is 1240. The molecular formula is C30H31ClN2O6. The van der Waals surface area contributed by atoms with Crippen LogP contribution in [0.3, 0.4) is 0 Å². The molecule has 1 saturated heterocycles. The molecule has 2 N–H and O–H groups in total. The fourth-order valence-corrected chi connectivity index (χ4v) is 4.71. The van der Waals surface area contributed by atoms with Gasteiger partial charge in [0.05, 0.1) is 6.61 Å². The molecule has 2 amide bonds. The quantitative estimate of drug-likeness (QED) is 0.350. The van der Waals surface area contributed by atoms with Crippen molar-refractivity contribution in [2.24, 2.45) is 5.92 Å². The predicted molar refractivity (Wildman–Crippen MR) is 147 cm³/mol. The SMILES string of the molecule is O=C(N[C@H](CCc1ccccc1)C(=O)N1C[C@H](COc2ccc(Cl)cc2)C[C@H]1C(=O)O)OCc1ccccc1. The van der Waals surface area contributed by atoms with Crippen LogP contribution in [0.5, 0.6) is 5.75 Å². The number of carbonyl (C=O) groups is 3. The van der Waals surface area contributed by atoms with E-state index in [1.165, 1.54) is 4.90 Å². The molecule has 1 heterocycles. The van der Waals surface area contributed by atoms with Gasteiger partial charge in [-0.15, -0.1) is 0 Å². The number of amides is 2. The molecule has 1 aliphatic rings. The second-order valence-corrected chi connectivity index (χ2v) is 9.93. The van der Waals surface area contributed by atoms with Crippen LogP contribution in [0, 0.1) is 5.92 Å². The van der Waals surface area contributed by atoms with Crippen molar-refractivity contribution < 1.29 is 29.0 Å². The van der Waals surface area contributed by atoms with E-state index in [1.807, 2.05) is 60.7 Å². The number of ether oxygens (including phenoxy) is 2. The van der Waals surface area contributed by atoms with Crippen LogP contribution in [0.4, 0.5) is 4.79 Å². The third kappa shape index (κ3) is 8.22. The molecule has 1 aliphatic heterocycles. The van der Waals surface area contributed by atoms with Gasteiger partial charge in [0.2, 0.25) is 5.91 Å². The first-order chi connectivity index (χ1) is 18.9. The van der Waals surface area contributed by atoms with Crippen molar-refractivity contribution in [3.8, 4) is 5.75 Å². The highest BCUT2D eigenvalue weighted by Gasteiger charge is 2.42. The van der Waals surface area contributed by atoms with Crippen LogP contribution in [-0.2, 0) is 27.4 Å². The third-order valence-electron chi connectivity index (χ3n) is 6.62. The fraction of sp³-hybridized carbons (Fsp3) is 0.300. The van der Waals surface area contributed by atoms with Crippen molar-refractivity contribution in [1.82, 2.24) is 10.2 Å². The van der Waals surface area contributed by atoms with Gasteiger partial charge in [-0.3, -0.25) is 4.79 Å². The summed E-state index contributed by atoms with van der Waals surface area (Å²) in [4.78, 5) is 39.8. The first kappa shape index (κ1) is 28.0. The summed E-state index contributed by atoms with van der Waals surface area (Å²) in [7, 11) is 0. The maximum atomic E-state index is 13.7. The highest BCUT2D eigenvalue weighted by Crippen LogP contribution is 2.27. The van der Waals surface area contributed by atoms with E-state index in [2.05, 4.69) is 5.32 Å². The Morgan fingerprint density at radius 2 is 1.59 bits per heavy atom. The minimum atomic E-state index is -1.09. The average Bonchev–Trinajstić information content (AvgIpc) is 3.39. The lowest BCUT2D eigenvalue weighted by Gasteiger charge is -2.27. The van der Waals surface area contributed by atoms with E-state index in [-0.39, 0.29) is 38.5 Å². The molecule has 0 saturated carbocycles. The number of likely N-dealkylation sites (tertiary alicyclic amines) is 1. The van der Waals surface area contributed by atoms with E-state index in [0.29, 0.717) is 17.2 Å². The summed E-state index contributed by atoms with van der Waals surface area (Å²) in [5, 5.41) is 13.2. The van der Waals surface area contributed by atoms with E-state index >= 15 is 0 Å². The van der Waals surface area contributed by atoms with Gasteiger partial charge in [-0.2, -0.15) is 0 Å². The molecule has 8 nitrogen and oxygen atoms in total. The van der Waals surface area contributed by atoms with E-state index in [0.717, 1.165) is 11.1 Å². The van der Waals surface area contributed by atoms with Crippen LogP contribution >= 0.6 is 11.6 Å². The van der Waals surface area contributed by atoms with Gasteiger partial charge >= 0.3 is 12.1 Å². The standard InChI is InChI=1S/C30H31ClN2O6/c31-24-12-14-25(15-13-24)38-20-23-17-27(29(35)36)33(18-23)28(34)26(16-11-21-7-3-1-4-8-21)32-30(37)39-19-22-9-5-2-6-10-22/h1-10,12-15,23,26-27H,11,16-20H2,(H,32,37)(H,35,36)/t23-,26-,27+/m1/s1. The third-order valence-corrected chi connectivity index (χ3v) is 6.87. The second-order valence-electron chi connectivity index (χ2n) is 9.49. The number of carboxylic acids is 1. The van der Waals surface area contributed by atoms with Crippen LogP contribution in [0.2, 0.25) is 5.02 Å². The molecule has 39 heavy (non-hydrogen) atoms. The zero-order chi connectivity index (χ0) is 27.6. The summed E-state index contributed by atoms with van der Waals surface area (Å²) < 4.78 is 11.2. The number of carboxylic acid groups (broad SMARTS) is 1. The maximum absolute atomic E-state index is 13.7. The van der Waals surface area contributed by atoms with Crippen LogP contribution < -0.4 is 10.1 Å². The smallest absolute Gasteiger partial charge is 0.408 e. The number of halogens is 1. The Morgan fingerprint density at radius 3 is 2.23 bits per heavy atom. The topological polar surface area (TPSA) is 105 Å². The molecule has 3 aromatic carbocycles. The number of nitrogens with zero attached hydrogens (tertiary/aromatic N) is 1. The van der Waals surface area contributed by atoms with Crippen molar-refractivity contribution in [2.45, 2.75) is 38.0 Å². The van der Waals surface area contributed by atoms with Gasteiger partial charge in [0, 0.05) is 17.5 Å². The van der Waals surface area contributed by atoms with Gasteiger partial charge in [0.25, 0.3) is 0 Å². The van der Waals surface area contributed by atoms with E-state index in [9.17, 15) is 19.5 Å². The zero-order valence-electron chi connectivity index (χ0n) is 21.4. The molecule has 1 fully saturated rings. The molecule has 4 rings (SSSR count). The lowest BCUT2D eigenvalue weighted by atomic mass is 10.0. The van der Waals surface area contributed by atoms with E-state index in [1.54, 1.807) is 24.3 Å². The Morgan fingerprint density at radius 1 is 0.949 bits per heavy atom. The van der Waals surface area contributed by atoms with Crippen LogP contribution in [0.25, 0.3) is 0 Å². The van der Waals surface area contributed by atoms with Crippen molar-refractivity contribution in [3.63, 3.8) is 0 Å². The predicted octanol–water partition coefficient (Wildman–Crippen LogP) is 4.95. The number of rotatable bonds is 11. The molecule has 3 aromatic rings. The number of carbonyl (C=O) groups excluding carboxylic acids is 2. The fourth-order valence-electron chi connectivity index (χ4n) is 4.59. The van der Waals surface area contributed by atoms with Crippen molar-refractivity contribution in [3.05, 3.63) is 101 Å². The van der Waals surface area contributed by atoms with Crippen LogP contribution in [0.1, 0.15) is 24.0 Å². The molecule has 0 bridgehead atoms. The van der Waals surface area contributed by atoms with Gasteiger partial charge in [0.1, 0.15) is 24.4 Å². The summed E-state index contributed by atoms with van der Waals surface area (Å²) in [6.45, 7) is 0.500. The number of hydrogen-bond acceptors (Lipinski definition) is 5. The largest absolute Gasteiger partial charge is 0.493 e. The van der Waals surface area contributed by atoms with Gasteiger partial charge in [-0.05, 0) is 54.7 Å². The molecular weight excluding hydrogens is 520 g/mol. The molecule has 0 aromatic heterocycles. The monoisotopic (exact) mass is 550 g/mol. The molecule has 9 heteroatoms. The highest BCUT2D eigenvalue weighted by molar-refractivity contribution is 6.30. The maximum Gasteiger partial charge on any atom is 0.408 e.